The van der Waals surface area contributed by atoms with Gasteiger partial charge in [0.25, 0.3) is 5.91 Å². The number of hydrogen-bond acceptors (Lipinski definition) is 2. The van der Waals surface area contributed by atoms with Crippen LogP contribution in [0.2, 0.25) is 10.0 Å². The van der Waals surface area contributed by atoms with Crippen molar-refractivity contribution in [3.8, 4) is 0 Å². The molecule has 144 valence electrons. The molecule has 0 saturated carbocycles. The van der Waals surface area contributed by atoms with Gasteiger partial charge >= 0.3 is 0 Å². The normalized spacial score (nSPS) is 10.7. The summed E-state index contributed by atoms with van der Waals surface area (Å²) in [4.78, 5) is 12.5. The molecule has 0 radical (unpaired) electrons. The Morgan fingerprint density at radius 1 is 0.828 bits per heavy atom. The Hall–Kier alpha value is -3.08. The highest BCUT2D eigenvalue weighted by Gasteiger charge is 2.10. The topological polar surface area (TPSA) is 46.4 Å². The van der Waals surface area contributed by atoms with Gasteiger partial charge in [0.2, 0.25) is 0 Å². The van der Waals surface area contributed by atoms with E-state index in [1.807, 2.05) is 65.4 Å². The Kier molecular flexibility index (Phi) is 5.65. The lowest BCUT2D eigenvalue weighted by Crippen LogP contribution is -2.24. The molecule has 1 heterocycles. The van der Waals surface area contributed by atoms with Crippen LogP contribution >= 0.6 is 23.2 Å². The zero-order chi connectivity index (χ0) is 20.2. The van der Waals surface area contributed by atoms with Crippen LogP contribution in [0.25, 0.3) is 10.9 Å². The average molecular weight is 422 g/mol. The number of benzene rings is 3. The van der Waals surface area contributed by atoms with Crippen molar-refractivity contribution in [3.63, 3.8) is 0 Å². The Morgan fingerprint density at radius 2 is 1.41 bits per heavy atom. The third-order valence-corrected chi connectivity index (χ3v) is 5.03. The van der Waals surface area contributed by atoms with Crippen molar-refractivity contribution in [2.75, 3.05) is 0 Å². The van der Waals surface area contributed by atoms with E-state index < -0.39 is 0 Å². The van der Waals surface area contributed by atoms with E-state index in [2.05, 4.69) is 10.5 Å². The number of hydrazone groups is 1. The van der Waals surface area contributed by atoms with Gasteiger partial charge in [-0.3, -0.25) is 4.79 Å². The summed E-state index contributed by atoms with van der Waals surface area (Å²) in [5, 5.41) is 6.76. The SMILES string of the molecule is O=C(Cn1ccc2ccccc21)NN=C(c1ccc(Cl)cc1)c1ccc(Cl)cc1. The van der Waals surface area contributed by atoms with Crippen LogP contribution in [0.15, 0.2) is 90.2 Å². The van der Waals surface area contributed by atoms with Gasteiger partial charge in [-0.2, -0.15) is 5.10 Å². The molecule has 6 heteroatoms. The molecule has 0 spiro atoms. The van der Waals surface area contributed by atoms with Gasteiger partial charge in [0.1, 0.15) is 6.54 Å². The summed E-state index contributed by atoms with van der Waals surface area (Å²) in [6, 6.07) is 24.5. The highest BCUT2D eigenvalue weighted by atomic mass is 35.5. The number of amides is 1. The molecule has 4 nitrogen and oxygen atoms in total. The van der Waals surface area contributed by atoms with Crippen LogP contribution < -0.4 is 5.43 Å². The van der Waals surface area contributed by atoms with Crippen LogP contribution in [0.4, 0.5) is 0 Å². The highest BCUT2D eigenvalue weighted by Crippen LogP contribution is 2.17. The number of aromatic nitrogens is 1. The molecule has 29 heavy (non-hydrogen) atoms. The van der Waals surface area contributed by atoms with Crippen LogP contribution in [-0.4, -0.2) is 16.2 Å². The molecule has 0 atom stereocenters. The fourth-order valence-electron chi connectivity index (χ4n) is 3.10. The van der Waals surface area contributed by atoms with Gasteiger partial charge in [0, 0.05) is 32.9 Å². The number of carbonyl (C=O) groups excluding carboxylic acids is 1. The number of rotatable bonds is 5. The van der Waals surface area contributed by atoms with E-state index >= 15 is 0 Å². The molecule has 1 aromatic heterocycles. The summed E-state index contributed by atoms with van der Waals surface area (Å²) in [5.41, 5.74) is 5.98. The zero-order valence-corrected chi connectivity index (χ0v) is 16.9. The second kappa shape index (κ2) is 8.52. The Morgan fingerprint density at radius 3 is 2.03 bits per heavy atom. The summed E-state index contributed by atoms with van der Waals surface area (Å²) in [7, 11) is 0. The largest absolute Gasteiger partial charge is 0.338 e. The van der Waals surface area contributed by atoms with Crippen LogP contribution in [0, 0.1) is 0 Å². The lowest BCUT2D eigenvalue weighted by Gasteiger charge is -2.09. The molecule has 0 fully saturated rings. The third kappa shape index (κ3) is 4.50. The van der Waals surface area contributed by atoms with Crippen LogP contribution in [0.1, 0.15) is 11.1 Å². The number of nitrogens with one attached hydrogen (secondary N) is 1. The van der Waals surface area contributed by atoms with E-state index in [-0.39, 0.29) is 12.5 Å². The smallest absolute Gasteiger partial charge is 0.260 e. The number of nitrogens with zero attached hydrogens (tertiary/aromatic N) is 2. The minimum atomic E-state index is -0.216. The van der Waals surface area contributed by atoms with Gasteiger partial charge in [-0.25, -0.2) is 5.43 Å². The van der Waals surface area contributed by atoms with Crippen molar-refractivity contribution < 1.29 is 4.79 Å². The molecule has 0 unspecified atom stereocenters. The van der Waals surface area contributed by atoms with Gasteiger partial charge in [0.05, 0.1) is 5.71 Å². The van der Waals surface area contributed by atoms with E-state index in [9.17, 15) is 4.79 Å². The molecule has 3 aromatic carbocycles. The Labute approximate surface area is 178 Å². The summed E-state index contributed by atoms with van der Waals surface area (Å²) in [6.45, 7) is 0.172. The number of fused-ring (bicyclic) bond motifs is 1. The zero-order valence-electron chi connectivity index (χ0n) is 15.3. The number of hydrogen-bond donors (Lipinski definition) is 1. The molecule has 0 aliphatic heterocycles. The van der Waals surface area contributed by atoms with Gasteiger partial charge in [0.15, 0.2) is 0 Å². The second-order valence-electron chi connectivity index (χ2n) is 6.51. The van der Waals surface area contributed by atoms with E-state index in [1.165, 1.54) is 0 Å². The molecule has 0 aliphatic carbocycles. The maximum absolute atomic E-state index is 12.5. The van der Waals surface area contributed by atoms with Crippen molar-refractivity contribution in [1.82, 2.24) is 9.99 Å². The predicted molar refractivity (Wildman–Crippen MR) is 119 cm³/mol. The van der Waals surface area contributed by atoms with Crippen molar-refractivity contribution in [2.24, 2.45) is 5.10 Å². The first-order chi connectivity index (χ1) is 14.1. The highest BCUT2D eigenvalue weighted by molar-refractivity contribution is 6.31. The molecule has 1 amide bonds. The van der Waals surface area contributed by atoms with E-state index in [4.69, 9.17) is 23.2 Å². The first-order valence-electron chi connectivity index (χ1n) is 9.02. The van der Waals surface area contributed by atoms with E-state index in [0.29, 0.717) is 15.8 Å². The molecule has 0 saturated heterocycles. The fourth-order valence-corrected chi connectivity index (χ4v) is 3.35. The first-order valence-corrected chi connectivity index (χ1v) is 9.78. The second-order valence-corrected chi connectivity index (χ2v) is 7.38. The number of halogens is 2. The van der Waals surface area contributed by atoms with Crippen molar-refractivity contribution >= 4 is 45.7 Å². The molecule has 0 bridgehead atoms. The maximum Gasteiger partial charge on any atom is 0.260 e. The first kappa shape index (κ1) is 19.2. The van der Waals surface area contributed by atoms with Crippen LogP contribution in [0.5, 0.6) is 0 Å². The van der Waals surface area contributed by atoms with Gasteiger partial charge in [-0.1, -0.05) is 65.7 Å². The standard InChI is InChI=1S/C23H17Cl2N3O/c24-19-9-5-17(6-10-19)23(18-7-11-20(25)12-8-18)27-26-22(29)15-28-14-13-16-3-1-2-4-21(16)28/h1-14H,15H2,(H,26,29). The van der Waals surface area contributed by atoms with Crippen molar-refractivity contribution in [3.05, 3.63) is 106 Å². The summed E-state index contributed by atoms with van der Waals surface area (Å²) in [6.07, 6.45) is 1.90. The molecule has 0 aliphatic rings. The molecule has 4 rings (SSSR count). The molecule has 1 N–H and O–H groups in total. The maximum atomic E-state index is 12.5. The van der Waals surface area contributed by atoms with Crippen LogP contribution in [-0.2, 0) is 11.3 Å². The van der Waals surface area contributed by atoms with Crippen molar-refractivity contribution in [2.45, 2.75) is 6.54 Å². The number of carbonyl (C=O) groups is 1. The summed E-state index contributed by atoms with van der Waals surface area (Å²) < 4.78 is 1.89. The minimum absolute atomic E-state index is 0.172. The van der Waals surface area contributed by atoms with Gasteiger partial charge in [-0.05, 0) is 41.8 Å². The summed E-state index contributed by atoms with van der Waals surface area (Å²) >= 11 is 12.0. The van der Waals surface area contributed by atoms with Gasteiger partial charge in [-0.15, -0.1) is 0 Å². The van der Waals surface area contributed by atoms with Gasteiger partial charge < -0.3 is 4.57 Å². The van der Waals surface area contributed by atoms with E-state index in [0.717, 1.165) is 22.0 Å². The monoisotopic (exact) mass is 421 g/mol. The Bertz CT molecular complexity index is 1130. The fraction of sp³-hybridized carbons (Fsp3) is 0.0435. The average Bonchev–Trinajstić information content (AvgIpc) is 3.13. The molecule has 4 aromatic rings. The number of para-hydroxylation sites is 1. The van der Waals surface area contributed by atoms with E-state index in [1.54, 1.807) is 24.3 Å². The van der Waals surface area contributed by atoms with Crippen LogP contribution in [0.3, 0.4) is 0 Å². The lowest BCUT2D eigenvalue weighted by molar-refractivity contribution is -0.121. The van der Waals surface area contributed by atoms with Crippen molar-refractivity contribution in [1.29, 1.82) is 0 Å². The molecular weight excluding hydrogens is 405 g/mol. The minimum Gasteiger partial charge on any atom is -0.338 e. The lowest BCUT2D eigenvalue weighted by atomic mass is 10.0. The summed E-state index contributed by atoms with van der Waals surface area (Å²) in [5.74, 6) is -0.216. The Balaban J connectivity index is 1.59. The quantitative estimate of drug-likeness (QED) is 0.334. The molecular formula is C23H17Cl2N3O. The predicted octanol–water partition coefficient (Wildman–Crippen LogP) is 5.52. The third-order valence-electron chi connectivity index (χ3n) is 4.52.